The van der Waals surface area contributed by atoms with Crippen LogP contribution in [0.4, 0.5) is 0 Å². The summed E-state index contributed by atoms with van der Waals surface area (Å²) in [5, 5.41) is 8.63. The molecule has 1 rings (SSSR count). The number of rotatable bonds is 5. The Morgan fingerprint density at radius 1 is 1.36 bits per heavy atom. The summed E-state index contributed by atoms with van der Waals surface area (Å²) >= 11 is 0. The number of aliphatic hydroxyl groups is 1. The molecular weight excluding hydrogens is 176 g/mol. The van der Waals surface area contributed by atoms with Crippen molar-refractivity contribution in [3.05, 3.63) is 35.9 Å². The molecule has 2 heteroatoms. The van der Waals surface area contributed by atoms with E-state index in [2.05, 4.69) is 0 Å². The van der Waals surface area contributed by atoms with Crippen LogP contribution in [0.1, 0.15) is 18.9 Å². The Hall–Kier alpha value is -1.15. The van der Waals surface area contributed by atoms with E-state index in [9.17, 15) is 4.79 Å². The predicted molar refractivity (Wildman–Crippen MR) is 56.0 cm³/mol. The van der Waals surface area contributed by atoms with Crippen molar-refractivity contribution in [2.45, 2.75) is 19.8 Å². The number of benzene rings is 1. The molecule has 0 saturated heterocycles. The normalized spacial score (nSPS) is 12.4. The molecule has 0 heterocycles. The summed E-state index contributed by atoms with van der Waals surface area (Å²) in [5.41, 5.74) is 1.17. The van der Waals surface area contributed by atoms with Crippen LogP contribution >= 0.6 is 0 Å². The van der Waals surface area contributed by atoms with Gasteiger partial charge in [0, 0.05) is 18.9 Å². The van der Waals surface area contributed by atoms with Crippen molar-refractivity contribution in [2.75, 3.05) is 6.61 Å². The molecule has 1 unspecified atom stereocenters. The molecule has 1 atom stereocenters. The fourth-order valence-corrected chi connectivity index (χ4v) is 1.44. The molecule has 2 nitrogen and oxygen atoms in total. The third kappa shape index (κ3) is 3.30. The Bertz CT molecular complexity index is 280. The highest BCUT2D eigenvalue weighted by Gasteiger charge is 2.12. The molecule has 0 amide bonds. The van der Waals surface area contributed by atoms with Crippen molar-refractivity contribution >= 4 is 5.78 Å². The smallest absolute Gasteiger partial charge is 0.138 e. The van der Waals surface area contributed by atoms with Crippen molar-refractivity contribution in [1.29, 1.82) is 0 Å². The minimum Gasteiger partial charge on any atom is -0.396 e. The monoisotopic (exact) mass is 192 g/mol. The first kappa shape index (κ1) is 10.9. The van der Waals surface area contributed by atoms with Crippen LogP contribution in [0.25, 0.3) is 0 Å². The van der Waals surface area contributed by atoms with Crippen LogP contribution in [0.2, 0.25) is 0 Å². The number of aliphatic hydroxyl groups excluding tert-OH is 1. The molecular formula is C12H16O2. The van der Waals surface area contributed by atoms with Gasteiger partial charge < -0.3 is 5.11 Å². The van der Waals surface area contributed by atoms with E-state index in [0.29, 0.717) is 0 Å². The van der Waals surface area contributed by atoms with Gasteiger partial charge in [-0.05, 0) is 12.0 Å². The summed E-state index contributed by atoms with van der Waals surface area (Å²) in [4.78, 5) is 11.4. The first-order chi connectivity index (χ1) is 6.74. The molecule has 76 valence electrons. The first-order valence-electron chi connectivity index (χ1n) is 4.91. The van der Waals surface area contributed by atoms with Gasteiger partial charge in [-0.15, -0.1) is 0 Å². The number of hydrogen-bond donors (Lipinski definition) is 1. The van der Waals surface area contributed by atoms with Gasteiger partial charge in [0.15, 0.2) is 0 Å². The molecule has 0 fully saturated rings. The topological polar surface area (TPSA) is 37.3 Å². The van der Waals surface area contributed by atoms with Crippen LogP contribution in [0, 0.1) is 5.92 Å². The number of ketones is 1. The van der Waals surface area contributed by atoms with Gasteiger partial charge >= 0.3 is 0 Å². The van der Waals surface area contributed by atoms with E-state index in [4.69, 9.17) is 5.11 Å². The molecule has 1 aromatic carbocycles. The van der Waals surface area contributed by atoms with Crippen LogP contribution in [0.3, 0.4) is 0 Å². The minimum atomic E-state index is -0.0437. The van der Waals surface area contributed by atoms with Crippen LogP contribution in [-0.2, 0) is 11.2 Å². The van der Waals surface area contributed by atoms with E-state index in [1.807, 2.05) is 37.3 Å². The van der Waals surface area contributed by atoms with Gasteiger partial charge in [0.2, 0.25) is 0 Å². The third-order valence-corrected chi connectivity index (χ3v) is 2.29. The lowest BCUT2D eigenvalue weighted by molar-refractivity contribution is -0.122. The highest BCUT2D eigenvalue weighted by molar-refractivity contribution is 5.80. The largest absolute Gasteiger partial charge is 0.396 e. The molecule has 0 aliphatic rings. The summed E-state index contributed by atoms with van der Waals surface area (Å²) in [5.74, 6) is 0.140. The number of hydrogen-bond acceptors (Lipinski definition) is 2. The lowest BCUT2D eigenvalue weighted by atomic mass is 9.96. The maximum Gasteiger partial charge on any atom is 0.138 e. The number of carbonyl (C=O) groups excluding carboxylic acids is 1. The SMILES string of the molecule is CC(Cc1ccccc1)C(=O)CCO. The summed E-state index contributed by atoms with van der Waals surface area (Å²) in [7, 11) is 0. The minimum absolute atomic E-state index is 0.00421. The van der Waals surface area contributed by atoms with Gasteiger partial charge in [-0.3, -0.25) is 4.79 Å². The van der Waals surface area contributed by atoms with E-state index < -0.39 is 0 Å². The molecule has 0 aliphatic heterocycles. The zero-order valence-electron chi connectivity index (χ0n) is 8.44. The summed E-state index contributed by atoms with van der Waals surface area (Å²) in [6.07, 6.45) is 1.04. The van der Waals surface area contributed by atoms with E-state index in [0.717, 1.165) is 6.42 Å². The molecule has 0 bridgehead atoms. The van der Waals surface area contributed by atoms with Crippen LogP contribution in [0.5, 0.6) is 0 Å². The second-order valence-corrected chi connectivity index (χ2v) is 3.53. The Morgan fingerprint density at radius 2 is 2.00 bits per heavy atom. The molecule has 1 N–H and O–H groups in total. The lowest BCUT2D eigenvalue weighted by Crippen LogP contribution is -2.14. The molecule has 0 saturated carbocycles. The Kier molecular flexibility index (Phi) is 4.33. The summed E-state index contributed by atoms with van der Waals surface area (Å²) in [6, 6.07) is 9.94. The molecule has 1 aromatic rings. The van der Waals surface area contributed by atoms with E-state index in [1.54, 1.807) is 0 Å². The van der Waals surface area contributed by atoms with Gasteiger partial charge in [0.05, 0.1) is 0 Å². The van der Waals surface area contributed by atoms with Crippen molar-refractivity contribution in [3.63, 3.8) is 0 Å². The highest BCUT2D eigenvalue weighted by atomic mass is 16.3. The Morgan fingerprint density at radius 3 is 2.57 bits per heavy atom. The number of carbonyl (C=O) groups is 1. The third-order valence-electron chi connectivity index (χ3n) is 2.29. The van der Waals surface area contributed by atoms with Crippen molar-refractivity contribution in [1.82, 2.24) is 0 Å². The molecule has 0 aromatic heterocycles. The van der Waals surface area contributed by atoms with Gasteiger partial charge in [-0.2, -0.15) is 0 Å². The van der Waals surface area contributed by atoms with Crippen molar-refractivity contribution < 1.29 is 9.90 Å². The lowest BCUT2D eigenvalue weighted by Gasteiger charge is -2.09. The van der Waals surface area contributed by atoms with Crippen molar-refractivity contribution in [2.24, 2.45) is 5.92 Å². The van der Waals surface area contributed by atoms with Gasteiger partial charge in [-0.1, -0.05) is 37.3 Å². The molecule has 0 radical (unpaired) electrons. The van der Waals surface area contributed by atoms with E-state index in [-0.39, 0.29) is 24.7 Å². The molecule has 0 aliphatic carbocycles. The van der Waals surface area contributed by atoms with Gasteiger partial charge in [-0.25, -0.2) is 0 Å². The first-order valence-corrected chi connectivity index (χ1v) is 4.91. The zero-order valence-corrected chi connectivity index (χ0v) is 8.44. The maximum atomic E-state index is 11.4. The quantitative estimate of drug-likeness (QED) is 0.772. The zero-order chi connectivity index (χ0) is 10.4. The number of Topliss-reactive ketones (excluding diaryl/α,β-unsaturated/α-hetero) is 1. The predicted octanol–water partition coefficient (Wildman–Crippen LogP) is 1.82. The highest BCUT2D eigenvalue weighted by Crippen LogP contribution is 2.10. The fourth-order valence-electron chi connectivity index (χ4n) is 1.44. The molecule has 0 spiro atoms. The Balaban J connectivity index is 2.49. The Labute approximate surface area is 84.6 Å². The van der Waals surface area contributed by atoms with Crippen LogP contribution in [-0.4, -0.2) is 17.5 Å². The summed E-state index contributed by atoms with van der Waals surface area (Å²) in [6.45, 7) is 1.86. The van der Waals surface area contributed by atoms with Crippen LogP contribution in [0.15, 0.2) is 30.3 Å². The molecule has 14 heavy (non-hydrogen) atoms. The van der Waals surface area contributed by atoms with Crippen LogP contribution < -0.4 is 0 Å². The summed E-state index contributed by atoms with van der Waals surface area (Å²) < 4.78 is 0. The second-order valence-electron chi connectivity index (χ2n) is 3.53. The second kappa shape index (κ2) is 5.55. The van der Waals surface area contributed by atoms with Gasteiger partial charge in [0.25, 0.3) is 0 Å². The van der Waals surface area contributed by atoms with E-state index >= 15 is 0 Å². The fraction of sp³-hybridized carbons (Fsp3) is 0.417. The van der Waals surface area contributed by atoms with Crippen molar-refractivity contribution in [3.8, 4) is 0 Å². The standard InChI is InChI=1S/C12H16O2/c1-10(12(14)7-8-13)9-11-5-3-2-4-6-11/h2-6,10,13H,7-9H2,1H3. The maximum absolute atomic E-state index is 11.4. The van der Waals surface area contributed by atoms with E-state index in [1.165, 1.54) is 5.56 Å². The van der Waals surface area contributed by atoms with Gasteiger partial charge in [0.1, 0.15) is 5.78 Å². The average molecular weight is 192 g/mol. The average Bonchev–Trinajstić information content (AvgIpc) is 2.19.